The molecule has 0 saturated heterocycles. The summed E-state index contributed by atoms with van der Waals surface area (Å²) in [5.41, 5.74) is 4.23. The van der Waals surface area contributed by atoms with E-state index in [9.17, 15) is 14.4 Å². The molecule has 4 aromatic rings. The molecule has 4 aromatic carbocycles. The van der Waals surface area contributed by atoms with Crippen molar-refractivity contribution in [2.45, 2.75) is 12.8 Å². The molecule has 5 heteroatoms. The van der Waals surface area contributed by atoms with Crippen molar-refractivity contribution in [2.75, 3.05) is 0 Å². The Kier molecular flexibility index (Phi) is 5.82. The van der Waals surface area contributed by atoms with Gasteiger partial charge in [0.1, 0.15) is 11.5 Å². The van der Waals surface area contributed by atoms with E-state index in [0.29, 0.717) is 39.0 Å². The van der Waals surface area contributed by atoms with E-state index < -0.39 is 17.9 Å². The number of hydrogen-bond donors (Lipinski definition) is 0. The fraction of sp³-hybridized carbons (Fsp3) is 0.0645. The molecule has 0 aliphatic heterocycles. The second-order valence-electron chi connectivity index (χ2n) is 8.53. The Morgan fingerprint density at radius 1 is 0.750 bits per heavy atom. The summed E-state index contributed by atoms with van der Waals surface area (Å²) in [5.74, 6) is -1.16. The van der Waals surface area contributed by atoms with Crippen LogP contribution in [0.25, 0.3) is 10.8 Å². The van der Waals surface area contributed by atoms with E-state index in [4.69, 9.17) is 9.47 Å². The van der Waals surface area contributed by atoms with Crippen LogP contribution in [0.5, 0.6) is 11.5 Å². The largest absolute Gasteiger partial charge is 0.423 e. The Hall–Kier alpha value is -4.77. The third-order valence-electron chi connectivity index (χ3n) is 6.32. The Morgan fingerprint density at radius 3 is 2.14 bits per heavy atom. The van der Waals surface area contributed by atoms with Crippen LogP contribution in [0.4, 0.5) is 0 Å². The van der Waals surface area contributed by atoms with Gasteiger partial charge in [0, 0.05) is 45.5 Å². The van der Waals surface area contributed by atoms with Crippen LogP contribution in [-0.2, 0) is 9.59 Å². The molecular weight excluding hydrogens is 452 g/mol. The molecule has 1 atom stereocenters. The van der Waals surface area contributed by atoms with Gasteiger partial charge in [0.2, 0.25) is 0 Å². The van der Waals surface area contributed by atoms with E-state index in [1.807, 2.05) is 49.4 Å². The second-order valence-corrected chi connectivity index (χ2v) is 8.53. The van der Waals surface area contributed by atoms with Gasteiger partial charge < -0.3 is 9.47 Å². The van der Waals surface area contributed by atoms with Crippen LogP contribution < -0.4 is 9.47 Å². The van der Waals surface area contributed by atoms with Gasteiger partial charge in [0.05, 0.1) is 0 Å². The number of aryl methyl sites for hydroxylation is 1. The highest BCUT2D eigenvalue weighted by atomic mass is 16.5. The highest BCUT2D eigenvalue weighted by Crippen LogP contribution is 2.48. The van der Waals surface area contributed by atoms with Gasteiger partial charge in [-0.2, -0.15) is 0 Å². The predicted molar refractivity (Wildman–Crippen MR) is 138 cm³/mol. The molecule has 36 heavy (non-hydrogen) atoms. The first kappa shape index (κ1) is 23.0. The summed E-state index contributed by atoms with van der Waals surface area (Å²) in [6.45, 7) is 8.97. The third kappa shape index (κ3) is 3.81. The van der Waals surface area contributed by atoms with Crippen molar-refractivity contribution < 1.29 is 23.9 Å². The number of esters is 2. The average Bonchev–Trinajstić information content (AvgIpc) is 2.90. The number of benzene rings is 4. The predicted octanol–water partition coefficient (Wildman–Crippen LogP) is 6.06. The zero-order valence-electron chi connectivity index (χ0n) is 19.6. The maximum atomic E-state index is 13.4. The first-order valence-electron chi connectivity index (χ1n) is 11.4. The lowest BCUT2D eigenvalue weighted by atomic mass is 9.73. The quantitative estimate of drug-likeness (QED) is 0.176. The van der Waals surface area contributed by atoms with E-state index in [1.165, 1.54) is 0 Å². The zero-order valence-corrected chi connectivity index (χ0v) is 19.6. The molecule has 0 bridgehead atoms. The van der Waals surface area contributed by atoms with Crippen molar-refractivity contribution in [3.8, 4) is 11.5 Å². The molecule has 0 N–H and O–H groups in total. The number of ether oxygens (including phenoxy) is 2. The number of fused-ring (bicyclic) bond motifs is 3. The summed E-state index contributed by atoms with van der Waals surface area (Å²) in [7, 11) is 0. The Balaban J connectivity index is 1.88. The lowest BCUT2D eigenvalue weighted by molar-refractivity contribution is -0.130. The van der Waals surface area contributed by atoms with Crippen LogP contribution in [0, 0.1) is 6.92 Å². The zero-order chi connectivity index (χ0) is 25.4. The van der Waals surface area contributed by atoms with E-state index in [1.54, 1.807) is 30.3 Å². The van der Waals surface area contributed by atoms with E-state index in [2.05, 4.69) is 13.2 Å². The maximum Gasteiger partial charge on any atom is 0.335 e. The molecule has 0 radical (unpaired) electrons. The number of hydrogen-bond acceptors (Lipinski definition) is 5. The molecular formula is C31H22O5. The fourth-order valence-corrected chi connectivity index (χ4v) is 4.76. The van der Waals surface area contributed by atoms with Crippen LogP contribution in [-0.4, -0.2) is 17.7 Å². The highest BCUT2D eigenvalue weighted by molar-refractivity contribution is 6.13. The van der Waals surface area contributed by atoms with Crippen molar-refractivity contribution in [3.63, 3.8) is 0 Å². The van der Waals surface area contributed by atoms with Crippen LogP contribution in [0.3, 0.4) is 0 Å². The molecule has 1 aliphatic rings. The van der Waals surface area contributed by atoms with Crippen LogP contribution >= 0.6 is 0 Å². The topological polar surface area (TPSA) is 69.7 Å². The lowest BCUT2D eigenvalue weighted by Gasteiger charge is -2.30. The SMILES string of the molecule is C=CC(=O)Oc1cc(C2c3ccccc3C(=O)c3cc(C)ccc32)c(OC(=O)C=C)c2ccccc12. The molecule has 5 nitrogen and oxygen atoms in total. The van der Waals surface area contributed by atoms with Crippen molar-refractivity contribution in [1.29, 1.82) is 0 Å². The summed E-state index contributed by atoms with van der Waals surface area (Å²) in [4.78, 5) is 38.1. The smallest absolute Gasteiger partial charge is 0.335 e. The fourth-order valence-electron chi connectivity index (χ4n) is 4.76. The molecule has 0 heterocycles. The highest BCUT2D eigenvalue weighted by Gasteiger charge is 2.35. The molecule has 5 rings (SSSR count). The summed E-state index contributed by atoms with van der Waals surface area (Å²) >= 11 is 0. The minimum Gasteiger partial charge on any atom is -0.423 e. The molecule has 0 aromatic heterocycles. The van der Waals surface area contributed by atoms with Gasteiger partial charge in [-0.15, -0.1) is 0 Å². The molecule has 0 spiro atoms. The van der Waals surface area contributed by atoms with Crippen LogP contribution in [0.15, 0.2) is 98.1 Å². The minimum atomic E-state index is -0.624. The van der Waals surface area contributed by atoms with Gasteiger partial charge in [0.15, 0.2) is 5.78 Å². The molecule has 176 valence electrons. The van der Waals surface area contributed by atoms with Crippen molar-refractivity contribution >= 4 is 28.5 Å². The minimum absolute atomic E-state index is 0.0655. The molecule has 1 unspecified atom stereocenters. The van der Waals surface area contributed by atoms with E-state index >= 15 is 0 Å². The number of carbonyl (C=O) groups excluding carboxylic acids is 3. The number of carbonyl (C=O) groups is 3. The molecule has 0 amide bonds. The van der Waals surface area contributed by atoms with Crippen LogP contribution in [0.2, 0.25) is 0 Å². The summed E-state index contributed by atoms with van der Waals surface area (Å²) in [6.07, 6.45) is 2.19. The first-order valence-corrected chi connectivity index (χ1v) is 11.4. The summed E-state index contributed by atoms with van der Waals surface area (Å²) in [5, 5.41) is 1.17. The monoisotopic (exact) mass is 474 g/mol. The molecule has 1 aliphatic carbocycles. The van der Waals surface area contributed by atoms with E-state index in [-0.39, 0.29) is 5.78 Å². The van der Waals surface area contributed by atoms with Gasteiger partial charge in [-0.3, -0.25) is 4.79 Å². The Morgan fingerprint density at radius 2 is 1.39 bits per heavy atom. The van der Waals surface area contributed by atoms with Gasteiger partial charge in [-0.1, -0.05) is 79.4 Å². The summed E-state index contributed by atoms with van der Waals surface area (Å²) < 4.78 is 11.5. The summed E-state index contributed by atoms with van der Waals surface area (Å²) in [6, 6.07) is 22.0. The van der Waals surface area contributed by atoms with Crippen LogP contribution in [0.1, 0.15) is 44.1 Å². The normalized spacial score (nSPS) is 13.9. The molecule has 0 fully saturated rings. The van der Waals surface area contributed by atoms with Gasteiger partial charge in [-0.25, -0.2) is 9.59 Å². The third-order valence-corrected chi connectivity index (χ3v) is 6.32. The average molecular weight is 475 g/mol. The van der Waals surface area contributed by atoms with Gasteiger partial charge >= 0.3 is 11.9 Å². The second kappa shape index (κ2) is 9.12. The maximum absolute atomic E-state index is 13.4. The number of rotatable bonds is 5. The van der Waals surface area contributed by atoms with Gasteiger partial charge in [0.25, 0.3) is 0 Å². The first-order chi connectivity index (χ1) is 17.4. The molecule has 0 saturated carbocycles. The van der Waals surface area contributed by atoms with Gasteiger partial charge in [-0.05, 0) is 30.2 Å². The van der Waals surface area contributed by atoms with Crippen molar-refractivity contribution in [2.24, 2.45) is 0 Å². The Labute approximate surface area is 208 Å². The Bertz CT molecular complexity index is 1590. The standard InChI is InChI=1S/C31H22O5/c1-4-27(32)35-26-17-25(31(36-28(33)5-2)23-13-9-6-10-19(23)26)29-20-11-7-8-12-22(20)30(34)24-16-18(3)14-15-21(24)29/h4-17,29H,1-2H2,3H3. The van der Waals surface area contributed by atoms with E-state index in [0.717, 1.165) is 28.8 Å². The number of ketones is 1. The van der Waals surface area contributed by atoms with Crippen molar-refractivity contribution in [3.05, 3.63) is 131 Å². The van der Waals surface area contributed by atoms with Crippen molar-refractivity contribution in [1.82, 2.24) is 0 Å². The lowest BCUT2D eigenvalue weighted by Crippen LogP contribution is -2.21.